The van der Waals surface area contributed by atoms with Gasteiger partial charge in [0.15, 0.2) is 5.66 Å². The van der Waals surface area contributed by atoms with Crippen LogP contribution >= 0.6 is 0 Å². The second-order valence-electron chi connectivity index (χ2n) is 6.62. The van der Waals surface area contributed by atoms with Gasteiger partial charge in [-0.3, -0.25) is 9.80 Å². The van der Waals surface area contributed by atoms with Crippen LogP contribution in [-0.4, -0.2) is 28.5 Å². The Bertz CT molecular complexity index is 713. The third kappa shape index (κ3) is 4.66. The molecule has 0 aromatic heterocycles. The molecule has 25 heavy (non-hydrogen) atoms. The average Bonchev–Trinajstić information content (AvgIpc) is 3.31. The maximum atomic E-state index is 12.2. The summed E-state index contributed by atoms with van der Waals surface area (Å²) in [6, 6.07) is 10.5. The smallest absolute Gasteiger partial charge is 0.225 e. The van der Waals surface area contributed by atoms with Crippen molar-refractivity contribution in [2.24, 2.45) is 15.3 Å². The molecular formula is C19H23N5O. The van der Waals surface area contributed by atoms with Crippen LogP contribution in [-0.2, 0) is 11.3 Å². The number of terminal acetylenes is 1. The molecule has 6 nitrogen and oxygen atoms in total. The van der Waals surface area contributed by atoms with Crippen LogP contribution in [0, 0.1) is 12.3 Å². The number of nitrogens with zero attached hydrogens (tertiary/aromatic N) is 4. The maximum Gasteiger partial charge on any atom is 0.225 e. The zero-order valence-corrected chi connectivity index (χ0v) is 14.5. The molecular weight excluding hydrogens is 314 g/mol. The van der Waals surface area contributed by atoms with Gasteiger partial charge in [0, 0.05) is 32.1 Å². The van der Waals surface area contributed by atoms with Gasteiger partial charge in [-0.15, -0.1) is 12.3 Å². The van der Waals surface area contributed by atoms with E-state index in [0.29, 0.717) is 19.3 Å². The first-order chi connectivity index (χ1) is 12.1. The van der Waals surface area contributed by atoms with Crippen LogP contribution in [0.4, 0.5) is 0 Å². The molecule has 1 N–H and O–H groups in total. The summed E-state index contributed by atoms with van der Waals surface area (Å²) in [5.74, 6) is 3.29. The van der Waals surface area contributed by atoms with Crippen LogP contribution < -0.4 is 5.32 Å². The molecule has 0 radical (unpaired) electrons. The fourth-order valence-corrected chi connectivity index (χ4v) is 2.92. The predicted molar refractivity (Wildman–Crippen MR) is 96.5 cm³/mol. The van der Waals surface area contributed by atoms with E-state index >= 15 is 0 Å². The molecule has 2 aliphatic rings. The van der Waals surface area contributed by atoms with Crippen LogP contribution in [0.15, 0.2) is 45.7 Å². The van der Waals surface area contributed by atoms with Crippen molar-refractivity contribution < 1.29 is 4.79 Å². The Kier molecular flexibility index (Phi) is 5.13. The van der Waals surface area contributed by atoms with Gasteiger partial charge in [0.25, 0.3) is 0 Å². The summed E-state index contributed by atoms with van der Waals surface area (Å²) in [6.45, 7) is 2.86. The zero-order chi connectivity index (χ0) is 17.7. The van der Waals surface area contributed by atoms with Gasteiger partial charge in [-0.1, -0.05) is 30.3 Å². The lowest BCUT2D eigenvalue weighted by atomic mass is 10.0. The number of hydrogen-bond donors (Lipinski definition) is 1. The SMILES string of the molecule is C#CCCC1(CCC(=O)NC2=NN(Cc3ccccc3)C(C)C2)N=N1. The first-order valence-corrected chi connectivity index (χ1v) is 8.66. The van der Waals surface area contributed by atoms with Crippen molar-refractivity contribution in [3.8, 4) is 12.3 Å². The van der Waals surface area contributed by atoms with Gasteiger partial charge in [-0.2, -0.15) is 15.3 Å². The quantitative estimate of drug-likeness (QED) is 0.777. The molecule has 1 aromatic rings. The van der Waals surface area contributed by atoms with Crippen molar-refractivity contribution in [3.05, 3.63) is 35.9 Å². The molecule has 3 rings (SSSR count). The fourth-order valence-electron chi connectivity index (χ4n) is 2.92. The normalized spacial score (nSPS) is 20.1. The minimum atomic E-state index is -0.409. The topological polar surface area (TPSA) is 69.4 Å². The monoisotopic (exact) mass is 337 g/mol. The summed E-state index contributed by atoms with van der Waals surface area (Å²) < 4.78 is 0. The average molecular weight is 337 g/mol. The van der Waals surface area contributed by atoms with Gasteiger partial charge >= 0.3 is 0 Å². The van der Waals surface area contributed by atoms with E-state index in [0.717, 1.165) is 25.2 Å². The van der Waals surface area contributed by atoms with Crippen LogP contribution in [0.25, 0.3) is 0 Å². The first-order valence-electron chi connectivity index (χ1n) is 8.66. The van der Waals surface area contributed by atoms with Crippen molar-refractivity contribution in [2.75, 3.05) is 0 Å². The molecule has 0 saturated heterocycles. The lowest BCUT2D eigenvalue weighted by molar-refractivity contribution is -0.120. The molecule has 0 bridgehead atoms. The Balaban J connectivity index is 1.47. The molecule has 0 fully saturated rings. The first kappa shape index (κ1) is 17.2. The van der Waals surface area contributed by atoms with Crippen molar-refractivity contribution in [2.45, 2.75) is 57.3 Å². The highest BCUT2D eigenvalue weighted by Gasteiger charge is 2.39. The third-order valence-electron chi connectivity index (χ3n) is 4.52. The minimum absolute atomic E-state index is 0.0371. The van der Waals surface area contributed by atoms with Crippen LogP contribution in [0.3, 0.4) is 0 Å². The Hall–Kier alpha value is -2.68. The molecule has 6 heteroatoms. The van der Waals surface area contributed by atoms with Crippen LogP contribution in [0.2, 0.25) is 0 Å². The van der Waals surface area contributed by atoms with E-state index in [4.69, 9.17) is 6.42 Å². The molecule has 2 heterocycles. The predicted octanol–water partition coefficient (Wildman–Crippen LogP) is 3.07. The molecule has 130 valence electrons. The standard InChI is InChI=1S/C19H23N5O/c1-3-4-11-19(22-23-19)12-10-18(25)20-17-13-15(2)24(21-17)14-16-8-6-5-7-9-16/h1,5-9,15H,4,10-14H2,2H3,(H,20,21,25). The molecule has 1 unspecified atom stereocenters. The molecule has 2 aliphatic heterocycles. The third-order valence-corrected chi connectivity index (χ3v) is 4.52. The number of nitrogens with one attached hydrogen (secondary N) is 1. The number of benzene rings is 1. The number of hydrogen-bond acceptors (Lipinski definition) is 5. The number of amidine groups is 1. The largest absolute Gasteiger partial charge is 0.313 e. The summed E-state index contributed by atoms with van der Waals surface area (Å²) in [7, 11) is 0. The molecule has 0 saturated carbocycles. The highest BCUT2D eigenvalue weighted by molar-refractivity contribution is 5.98. The minimum Gasteiger partial charge on any atom is -0.313 e. The highest BCUT2D eigenvalue weighted by Crippen LogP contribution is 2.37. The van der Waals surface area contributed by atoms with Gasteiger partial charge in [-0.25, -0.2) is 0 Å². The summed E-state index contributed by atoms with van der Waals surface area (Å²) in [4.78, 5) is 12.2. The Labute approximate surface area is 148 Å². The van der Waals surface area contributed by atoms with Gasteiger partial charge in [0.1, 0.15) is 5.84 Å². The van der Waals surface area contributed by atoms with E-state index in [9.17, 15) is 4.79 Å². The number of hydrazone groups is 1. The van der Waals surface area contributed by atoms with E-state index in [1.165, 1.54) is 5.56 Å². The van der Waals surface area contributed by atoms with Gasteiger partial charge < -0.3 is 5.32 Å². The van der Waals surface area contributed by atoms with E-state index in [2.05, 4.69) is 45.6 Å². The van der Waals surface area contributed by atoms with Crippen LogP contribution in [0.1, 0.15) is 44.6 Å². The van der Waals surface area contributed by atoms with Gasteiger partial charge in [0.05, 0.1) is 12.6 Å². The summed E-state index contributed by atoms with van der Waals surface area (Å²) in [6.07, 6.45) is 8.36. The Morgan fingerprint density at radius 1 is 1.36 bits per heavy atom. The number of carbonyl (C=O) groups is 1. The van der Waals surface area contributed by atoms with Crippen molar-refractivity contribution in [1.82, 2.24) is 10.3 Å². The molecule has 1 aromatic carbocycles. The lowest BCUT2D eigenvalue weighted by Crippen LogP contribution is -2.31. The van der Waals surface area contributed by atoms with E-state index in [1.54, 1.807) is 0 Å². The van der Waals surface area contributed by atoms with E-state index < -0.39 is 5.66 Å². The second kappa shape index (κ2) is 7.47. The Morgan fingerprint density at radius 3 is 2.80 bits per heavy atom. The second-order valence-corrected chi connectivity index (χ2v) is 6.62. The highest BCUT2D eigenvalue weighted by atomic mass is 16.1. The summed E-state index contributed by atoms with van der Waals surface area (Å²) in [5, 5.41) is 17.6. The van der Waals surface area contributed by atoms with Gasteiger partial charge in [0.2, 0.25) is 5.91 Å². The zero-order valence-electron chi connectivity index (χ0n) is 14.5. The van der Waals surface area contributed by atoms with Crippen molar-refractivity contribution in [3.63, 3.8) is 0 Å². The number of carbonyl (C=O) groups excluding carboxylic acids is 1. The van der Waals surface area contributed by atoms with Crippen LogP contribution in [0.5, 0.6) is 0 Å². The molecule has 1 atom stereocenters. The fraction of sp³-hybridized carbons (Fsp3) is 0.474. The summed E-state index contributed by atoms with van der Waals surface area (Å²) in [5.41, 5.74) is 0.798. The van der Waals surface area contributed by atoms with Gasteiger partial charge in [-0.05, 0) is 12.5 Å². The Morgan fingerprint density at radius 2 is 2.12 bits per heavy atom. The van der Waals surface area contributed by atoms with Crippen molar-refractivity contribution >= 4 is 11.7 Å². The van der Waals surface area contributed by atoms with Crippen molar-refractivity contribution in [1.29, 1.82) is 0 Å². The van der Waals surface area contributed by atoms with E-state index in [1.807, 2.05) is 23.2 Å². The van der Waals surface area contributed by atoms with E-state index in [-0.39, 0.29) is 11.9 Å². The molecule has 0 aliphatic carbocycles. The molecule has 1 amide bonds. The summed E-state index contributed by atoms with van der Waals surface area (Å²) >= 11 is 0. The number of rotatable bonds is 7. The number of amides is 1. The maximum absolute atomic E-state index is 12.2. The molecule has 0 spiro atoms. The lowest BCUT2D eigenvalue weighted by Gasteiger charge is -2.19.